The first-order valence-electron chi connectivity index (χ1n) is 8.58. The van der Waals surface area contributed by atoms with E-state index >= 15 is 0 Å². The lowest BCUT2D eigenvalue weighted by Gasteiger charge is -2.11. The van der Waals surface area contributed by atoms with Crippen molar-refractivity contribution in [2.24, 2.45) is 4.99 Å². The van der Waals surface area contributed by atoms with Crippen LogP contribution in [0.3, 0.4) is 0 Å². The summed E-state index contributed by atoms with van der Waals surface area (Å²) in [5, 5.41) is 7.86. The monoisotopic (exact) mass is 466 g/mol. The molecule has 0 aliphatic heterocycles. The van der Waals surface area contributed by atoms with Crippen molar-refractivity contribution in [3.05, 3.63) is 71.7 Å². The van der Waals surface area contributed by atoms with Gasteiger partial charge in [-0.15, -0.1) is 24.0 Å². The molecule has 0 aliphatic rings. The number of rotatable bonds is 6. The molecule has 0 fully saturated rings. The summed E-state index contributed by atoms with van der Waals surface area (Å²) in [7, 11) is 0. The maximum Gasteiger partial charge on any atom is 0.191 e. The molecule has 0 bridgehead atoms. The fourth-order valence-electron chi connectivity index (χ4n) is 2.76. The highest BCUT2D eigenvalue weighted by Crippen LogP contribution is 2.17. The molecule has 1 aromatic heterocycles. The van der Waals surface area contributed by atoms with E-state index in [1.807, 2.05) is 13.0 Å². The molecule has 2 aromatic carbocycles. The first kappa shape index (κ1) is 20.2. The normalized spacial score (nSPS) is 11.2. The highest BCUT2D eigenvalue weighted by molar-refractivity contribution is 14.0. The molecule has 3 N–H and O–H groups in total. The van der Waals surface area contributed by atoms with Gasteiger partial charge in [0.1, 0.15) is 5.82 Å². The zero-order valence-corrected chi connectivity index (χ0v) is 17.1. The number of nitrogens with one attached hydrogen (secondary N) is 3. The Morgan fingerprint density at radius 2 is 1.85 bits per heavy atom. The van der Waals surface area contributed by atoms with Gasteiger partial charge in [0.15, 0.2) is 5.96 Å². The average molecular weight is 466 g/mol. The number of hydrogen-bond acceptors (Lipinski definition) is 1. The lowest BCUT2D eigenvalue weighted by atomic mass is 10.1. The van der Waals surface area contributed by atoms with Crippen LogP contribution in [0.4, 0.5) is 4.39 Å². The van der Waals surface area contributed by atoms with Crippen LogP contribution in [0, 0.1) is 5.82 Å². The van der Waals surface area contributed by atoms with E-state index in [0.29, 0.717) is 6.54 Å². The third-order valence-corrected chi connectivity index (χ3v) is 4.04. The number of aliphatic imine (C=N–C) groups is 1. The minimum atomic E-state index is -0.225. The maximum atomic E-state index is 13.0. The average Bonchev–Trinajstić information content (AvgIpc) is 3.04. The summed E-state index contributed by atoms with van der Waals surface area (Å²) in [6.45, 7) is 4.14. The number of aromatic amines is 1. The van der Waals surface area contributed by atoms with Crippen LogP contribution in [0.15, 0.2) is 59.7 Å². The van der Waals surface area contributed by atoms with Gasteiger partial charge in [0.2, 0.25) is 0 Å². The summed E-state index contributed by atoms with van der Waals surface area (Å²) in [6, 6.07) is 14.7. The molecule has 3 rings (SSSR count). The maximum absolute atomic E-state index is 13.0. The van der Waals surface area contributed by atoms with Crippen molar-refractivity contribution in [1.29, 1.82) is 0 Å². The zero-order valence-electron chi connectivity index (χ0n) is 14.8. The van der Waals surface area contributed by atoms with Crippen LogP contribution in [0.25, 0.3) is 10.9 Å². The molecular formula is C20H24FIN4. The highest BCUT2D eigenvalue weighted by atomic mass is 127. The van der Waals surface area contributed by atoms with Gasteiger partial charge in [-0.1, -0.05) is 30.3 Å². The Morgan fingerprint density at radius 3 is 2.62 bits per heavy atom. The minimum Gasteiger partial charge on any atom is -0.361 e. The van der Waals surface area contributed by atoms with Gasteiger partial charge in [-0.3, -0.25) is 0 Å². The van der Waals surface area contributed by atoms with E-state index in [9.17, 15) is 4.39 Å². The van der Waals surface area contributed by atoms with Crippen molar-refractivity contribution in [2.45, 2.75) is 19.9 Å². The first-order valence-corrected chi connectivity index (χ1v) is 8.58. The number of hydrogen-bond donors (Lipinski definition) is 3. The van der Waals surface area contributed by atoms with E-state index in [-0.39, 0.29) is 29.8 Å². The van der Waals surface area contributed by atoms with Crippen molar-refractivity contribution in [3.63, 3.8) is 0 Å². The Balaban J connectivity index is 0.00000243. The standard InChI is InChI=1S/C20H23FN4.HI/c1-2-22-20(25-13-15-7-9-17(21)10-8-15)23-12-11-16-14-24-19-6-4-3-5-18(16)19;/h3-10,14,24H,2,11-13H2,1H3,(H2,22,23,25);1H. The van der Waals surface area contributed by atoms with Crippen LogP contribution < -0.4 is 10.6 Å². The lowest BCUT2D eigenvalue weighted by molar-refractivity contribution is 0.627. The van der Waals surface area contributed by atoms with E-state index < -0.39 is 0 Å². The predicted molar refractivity (Wildman–Crippen MR) is 117 cm³/mol. The number of guanidine groups is 1. The van der Waals surface area contributed by atoms with Gasteiger partial charge < -0.3 is 15.6 Å². The third kappa shape index (κ3) is 5.45. The van der Waals surface area contributed by atoms with Gasteiger partial charge >= 0.3 is 0 Å². The summed E-state index contributed by atoms with van der Waals surface area (Å²) >= 11 is 0. The van der Waals surface area contributed by atoms with Gasteiger partial charge in [-0.2, -0.15) is 0 Å². The van der Waals surface area contributed by atoms with Crippen LogP contribution >= 0.6 is 24.0 Å². The lowest BCUT2D eigenvalue weighted by Crippen LogP contribution is -2.38. The van der Waals surface area contributed by atoms with Gasteiger partial charge in [-0.25, -0.2) is 9.38 Å². The zero-order chi connectivity index (χ0) is 17.5. The van der Waals surface area contributed by atoms with E-state index in [0.717, 1.165) is 36.6 Å². The van der Waals surface area contributed by atoms with Gasteiger partial charge in [0.25, 0.3) is 0 Å². The molecule has 0 unspecified atom stereocenters. The number of halogens is 2. The molecule has 6 heteroatoms. The second-order valence-corrected chi connectivity index (χ2v) is 5.86. The Hall–Kier alpha value is -2.09. The second-order valence-electron chi connectivity index (χ2n) is 5.86. The van der Waals surface area contributed by atoms with Crippen LogP contribution in [-0.2, 0) is 13.0 Å². The number of aromatic nitrogens is 1. The van der Waals surface area contributed by atoms with E-state index in [1.54, 1.807) is 12.1 Å². The van der Waals surface area contributed by atoms with Crippen LogP contribution in [0.5, 0.6) is 0 Å². The SMILES string of the molecule is CCNC(=NCc1ccc(F)cc1)NCCc1c[nH]c2ccccc12.I. The molecule has 0 saturated heterocycles. The van der Waals surface area contributed by atoms with Crippen LogP contribution in [0.2, 0.25) is 0 Å². The number of para-hydroxylation sites is 1. The summed E-state index contributed by atoms with van der Waals surface area (Å²) in [4.78, 5) is 7.86. The van der Waals surface area contributed by atoms with Crippen molar-refractivity contribution in [3.8, 4) is 0 Å². The Kier molecular flexibility index (Phi) is 7.90. The quantitative estimate of drug-likeness (QED) is 0.290. The van der Waals surface area contributed by atoms with Crippen LogP contribution in [-0.4, -0.2) is 24.0 Å². The fourth-order valence-corrected chi connectivity index (χ4v) is 2.76. The van der Waals surface area contributed by atoms with E-state index in [2.05, 4.69) is 45.0 Å². The molecule has 0 atom stereocenters. The van der Waals surface area contributed by atoms with Crippen molar-refractivity contribution in [2.75, 3.05) is 13.1 Å². The molecule has 4 nitrogen and oxygen atoms in total. The van der Waals surface area contributed by atoms with Crippen molar-refractivity contribution >= 4 is 40.8 Å². The first-order chi connectivity index (χ1) is 12.3. The predicted octanol–water partition coefficient (Wildman–Crippen LogP) is 4.22. The Morgan fingerprint density at radius 1 is 1.08 bits per heavy atom. The number of benzene rings is 2. The van der Waals surface area contributed by atoms with Gasteiger partial charge in [0, 0.05) is 30.2 Å². The Bertz CT molecular complexity index is 842. The highest BCUT2D eigenvalue weighted by Gasteiger charge is 2.03. The van der Waals surface area contributed by atoms with Crippen molar-refractivity contribution in [1.82, 2.24) is 15.6 Å². The summed E-state index contributed by atoms with van der Waals surface area (Å²) in [5.74, 6) is 0.545. The Labute approximate surface area is 170 Å². The molecule has 0 spiro atoms. The molecule has 0 amide bonds. The van der Waals surface area contributed by atoms with Crippen molar-refractivity contribution < 1.29 is 4.39 Å². The molecule has 26 heavy (non-hydrogen) atoms. The molecule has 1 heterocycles. The van der Waals surface area contributed by atoms with E-state index in [1.165, 1.54) is 23.1 Å². The third-order valence-electron chi connectivity index (χ3n) is 4.04. The largest absolute Gasteiger partial charge is 0.361 e. The molecule has 138 valence electrons. The van der Waals surface area contributed by atoms with E-state index in [4.69, 9.17) is 0 Å². The molecule has 0 aliphatic carbocycles. The minimum absolute atomic E-state index is 0. The second kappa shape index (κ2) is 10.2. The van der Waals surface area contributed by atoms with Gasteiger partial charge in [0.05, 0.1) is 6.54 Å². The van der Waals surface area contributed by atoms with Crippen LogP contribution in [0.1, 0.15) is 18.1 Å². The number of fused-ring (bicyclic) bond motifs is 1. The molecule has 0 saturated carbocycles. The molecule has 3 aromatic rings. The molecular weight excluding hydrogens is 442 g/mol. The smallest absolute Gasteiger partial charge is 0.191 e. The topological polar surface area (TPSA) is 52.2 Å². The fraction of sp³-hybridized carbons (Fsp3) is 0.250. The number of nitrogens with zero attached hydrogens (tertiary/aromatic N) is 1. The summed E-state index contributed by atoms with van der Waals surface area (Å²) in [6.07, 6.45) is 2.97. The molecule has 0 radical (unpaired) electrons. The summed E-state index contributed by atoms with van der Waals surface area (Å²) < 4.78 is 13.0. The van der Waals surface area contributed by atoms with Gasteiger partial charge in [-0.05, 0) is 42.7 Å². The summed E-state index contributed by atoms with van der Waals surface area (Å²) in [5.41, 5.74) is 3.43. The number of H-pyrrole nitrogens is 1.